The maximum atomic E-state index is 5.18. The van der Waals surface area contributed by atoms with E-state index in [2.05, 4.69) is 29.0 Å². The summed E-state index contributed by atoms with van der Waals surface area (Å²) < 4.78 is 5.18. The third-order valence-electron chi connectivity index (χ3n) is 2.26. The minimum Gasteiger partial charge on any atom is -0.480 e. The van der Waals surface area contributed by atoms with Crippen LogP contribution < -0.4 is 4.74 Å². The molecule has 0 aliphatic carbocycles. The van der Waals surface area contributed by atoms with E-state index < -0.39 is 0 Å². The van der Waals surface area contributed by atoms with Gasteiger partial charge in [-0.3, -0.25) is 0 Å². The minimum atomic E-state index is 0.644. The molecule has 0 bridgehead atoms. The van der Waals surface area contributed by atoms with Gasteiger partial charge < -0.3 is 4.74 Å². The summed E-state index contributed by atoms with van der Waals surface area (Å²) in [6.07, 6.45) is 2.53. The maximum Gasteiger partial charge on any atom is 0.224 e. The molecule has 0 N–H and O–H groups in total. The highest BCUT2D eigenvalue weighted by atomic mass is 16.5. The molecule has 72 valence electrons. The molecule has 0 radical (unpaired) electrons. The van der Waals surface area contributed by atoms with Gasteiger partial charge >= 0.3 is 0 Å². The molecule has 3 nitrogen and oxygen atoms in total. The van der Waals surface area contributed by atoms with Crippen LogP contribution in [0.15, 0.2) is 24.5 Å². The lowest BCUT2D eigenvalue weighted by Crippen LogP contribution is -1.91. The third kappa shape index (κ3) is 1.41. The molecular weight excluding hydrogens is 176 g/mol. The van der Waals surface area contributed by atoms with Gasteiger partial charge in [-0.15, -0.1) is 0 Å². The lowest BCUT2D eigenvalue weighted by atomic mass is 10.1. The van der Waals surface area contributed by atoms with E-state index in [1.54, 1.807) is 7.11 Å². The highest BCUT2D eigenvalue weighted by Gasteiger charge is 2.03. The Morgan fingerprint density at radius 3 is 2.86 bits per heavy atom. The van der Waals surface area contributed by atoms with Crippen molar-refractivity contribution in [3.8, 4) is 5.88 Å². The summed E-state index contributed by atoms with van der Waals surface area (Å²) in [5.74, 6) is 0.644. The number of nitrogens with zero attached hydrogens (tertiary/aromatic N) is 2. The zero-order chi connectivity index (χ0) is 9.97. The minimum absolute atomic E-state index is 0.644. The summed E-state index contributed by atoms with van der Waals surface area (Å²) in [6, 6.07) is 6.15. The fourth-order valence-corrected chi connectivity index (χ4v) is 1.46. The Hall–Kier alpha value is -1.64. The second-order valence-corrected chi connectivity index (χ2v) is 3.09. The van der Waals surface area contributed by atoms with E-state index in [0.717, 1.165) is 17.3 Å². The normalized spacial score (nSPS) is 10.4. The quantitative estimate of drug-likeness (QED) is 0.724. The van der Waals surface area contributed by atoms with Crippen LogP contribution in [0.4, 0.5) is 0 Å². The van der Waals surface area contributed by atoms with Crippen molar-refractivity contribution in [2.75, 3.05) is 7.11 Å². The van der Waals surface area contributed by atoms with E-state index in [4.69, 9.17) is 4.74 Å². The van der Waals surface area contributed by atoms with Crippen molar-refractivity contribution < 1.29 is 4.74 Å². The summed E-state index contributed by atoms with van der Waals surface area (Å²) in [7, 11) is 1.63. The Morgan fingerprint density at radius 2 is 2.14 bits per heavy atom. The zero-order valence-electron chi connectivity index (χ0n) is 8.32. The first-order valence-corrected chi connectivity index (χ1v) is 4.62. The number of hydrogen-bond acceptors (Lipinski definition) is 3. The molecule has 0 aliphatic heterocycles. The van der Waals surface area contributed by atoms with Gasteiger partial charge in [0.15, 0.2) is 0 Å². The van der Waals surface area contributed by atoms with Gasteiger partial charge in [0.25, 0.3) is 0 Å². The molecule has 0 atom stereocenters. The average Bonchev–Trinajstić information content (AvgIpc) is 2.27. The standard InChI is InChI=1S/C11H12N2O/c1-3-8-4-5-10-9(6-8)11(14-2)13-7-12-10/h4-7H,3H2,1-2H3. The highest BCUT2D eigenvalue weighted by Crippen LogP contribution is 2.22. The Morgan fingerprint density at radius 1 is 1.29 bits per heavy atom. The van der Waals surface area contributed by atoms with Crippen molar-refractivity contribution in [2.45, 2.75) is 13.3 Å². The van der Waals surface area contributed by atoms with Crippen LogP contribution in [0.25, 0.3) is 10.9 Å². The van der Waals surface area contributed by atoms with Crippen LogP contribution >= 0.6 is 0 Å². The lowest BCUT2D eigenvalue weighted by molar-refractivity contribution is 0.402. The molecule has 14 heavy (non-hydrogen) atoms. The monoisotopic (exact) mass is 188 g/mol. The van der Waals surface area contributed by atoms with Gasteiger partial charge in [-0.05, 0) is 24.1 Å². The summed E-state index contributed by atoms with van der Waals surface area (Å²) in [6.45, 7) is 2.12. The number of benzene rings is 1. The van der Waals surface area contributed by atoms with Crippen LogP contribution in [-0.4, -0.2) is 17.1 Å². The zero-order valence-corrected chi connectivity index (χ0v) is 8.32. The summed E-state index contributed by atoms with van der Waals surface area (Å²) in [5, 5.41) is 0.981. The largest absolute Gasteiger partial charge is 0.480 e. The van der Waals surface area contributed by atoms with Gasteiger partial charge in [-0.1, -0.05) is 13.0 Å². The van der Waals surface area contributed by atoms with Crippen LogP contribution in [0, 0.1) is 0 Å². The number of fused-ring (bicyclic) bond motifs is 1. The second kappa shape index (κ2) is 3.62. The van der Waals surface area contributed by atoms with Gasteiger partial charge in [0.05, 0.1) is 18.0 Å². The number of methoxy groups -OCH3 is 1. The molecular formula is C11H12N2O. The Kier molecular flexibility index (Phi) is 2.31. The van der Waals surface area contributed by atoms with Gasteiger partial charge in [-0.25, -0.2) is 9.97 Å². The van der Waals surface area contributed by atoms with E-state index >= 15 is 0 Å². The average molecular weight is 188 g/mol. The molecule has 1 aromatic carbocycles. The number of rotatable bonds is 2. The molecule has 0 fully saturated rings. The molecule has 0 saturated carbocycles. The summed E-state index contributed by atoms with van der Waals surface area (Å²) >= 11 is 0. The Bertz CT molecular complexity index is 454. The van der Waals surface area contributed by atoms with Crippen LogP contribution in [0.5, 0.6) is 5.88 Å². The van der Waals surface area contributed by atoms with Gasteiger partial charge in [-0.2, -0.15) is 0 Å². The van der Waals surface area contributed by atoms with Gasteiger partial charge in [0.1, 0.15) is 6.33 Å². The van der Waals surface area contributed by atoms with Crippen LogP contribution in [0.3, 0.4) is 0 Å². The predicted octanol–water partition coefficient (Wildman–Crippen LogP) is 2.20. The molecule has 3 heteroatoms. The van der Waals surface area contributed by atoms with Crippen molar-refractivity contribution in [3.05, 3.63) is 30.1 Å². The van der Waals surface area contributed by atoms with Crippen LogP contribution in [-0.2, 0) is 6.42 Å². The number of aryl methyl sites for hydroxylation is 1. The number of hydrogen-bond donors (Lipinski definition) is 0. The second-order valence-electron chi connectivity index (χ2n) is 3.09. The fraction of sp³-hybridized carbons (Fsp3) is 0.273. The Labute approximate surface area is 82.8 Å². The van der Waals surface area contributed by atoms with Crippen molar-refractivity contribution in [3.63, 3.8) is 0 Å². The molecule has 2 rings (SSSR count). The number of aromatic nitrogens is 2. The van der Waals surface area contributed by atoms with Gasteiger partial charge in [0.2, 0.25) is 5.88 Å². The lowest BCUT2D eigenvalue weighted by Gasteiger charge is -2.04. The molecule has 0 amide bonds. The summed E-state index contributed by atoms with van der Waals surface area (Å²) in [4.78, 5) is 8.24. The van der Waals surface area contributed by atoms with Crippen molar-refractivity contribution >= 4 is 10.9 Å². The van der Waals surface area contributed by atoms with E-state index in [9.17, 15) is 0 Å². The molecule has 0 aliphatic rings. The van der Waals surface area contributed by atoms with E-state index in [1.165, 1.54) is 11.9 Å². The predicted molar refractivity (Wildman–Crippen MR) is 55.5 cm³/mol. The topological polar surface area (TPSA) is 35.0 Å². The SMILES string of the molecule is CCc1ccc2ncnc(OC)c2c1. The highest BCUT2D eigenvalue weighted by molar-refractivity contribution is 5.83. The molecule has 0 spiro atoms. The van der Waals surface area contributed by atoms with Crippen LogP contribution in [0.1, 0.15) is 12.5 Å². The van der Waals surface area contributed by atoms with E-state index in [1.807, 2.05) is 6.07 Å². The molecule has 1 aromatic heterocycles. The fourth-order valence-electron chi connectivity index (χ4n) is 1.46. The smallest absolute Gasteiger partial charge is 0.224 e. The first-order chi connectivity index (χ1) is 6.85. The first kappa shape index (κ1) is 8.94. The van der Waals surface area contributed by atoms with Crippen molar-refractivity contribution in [2.24, 2.45) is 0 Å². The van der Waals surface area contributed by atoms with E-state index in [-0.39, 0.29) is 0 Å². The molecule has 0 unspecified atom stereocenters. The molecule has 2 aromatic rings. The summed E-state index contributed by atoms with van der Waals surface area (Å²) in [5.41, 5.74) is 2.19. The van der Waals surface area contributed by atoms with E-state index in [0.29, 0.717) is 5.88 Å². The Balaban J connectivity index is 2.70. The maximum absolute atomic E-state index is 5.18. The third-order valence-corrected chi connectivity index (χ3v) is 2.26. The van der Waals surface area contributed by atoms with Crippen LogP contribution in [0.2, 0.25) is 0 Å². The molecule has 1 heterocycles. The first-order valence-electron chi connectivity index (χ1n) is 4.62. The van der Waals surface area contributed by atoms with Gasteiger partial charge in [0, 0.05) is 0 Å². The number of ether oxygens (including phenoxy) is 1. The molecule has 0 saturated heterocycles. The van der Waals surface area contributed by atoms with Crippen molar-refractivity contribution in [1.29, 1.82) is 0 Å². The van der Waals surface area contributed by atoms with Crippen molar-refractivity contribution in [1.82, 2.24) is 9.97 Å².